The molecular formula is C20H28O6S. The van der Waals surface area contributed by atoms with E-state index in [2.05, 4.69) is 4.74 Å². The molecule has 1 aromatic rings. The zero-order chi connectivity index (χ0) is 20.4. The van der Waals surface area contributed by atoms with Crippen LogP contribution in [0.3, 0.4) is 0 Å². The number of hydrogen-bond donors (Lipinski definition) is 0. The van der Waals surface area contributed by atoms with Crippen LogP contribution >= 0.6 is 11.8 Å². The van der Waals surface area contributed by atoms with Gasteiger partial charge in [0.25, 0.3) is 0 Å². The van der Waals surface area contributed by atoms with E-state index in [9.17, 15) is 14.4 Å². The smallest absolute Gasteiger partial charge is 0.338 e. The third-order valence-electron chi connectivity index (χ3n) is 3.56. The third kappa shape index (κ3) is 8.47. The van der Waals surface area contributed by atoms with Crippen LogP contribution in [-0.2, 0) is 23.8 Å². The predicted molar refractivity (Wildman–Crippen MR) is 104 cm³/mol. The number of carbonyl (C=O) groups excluding carboxylic acids is 3. The molecular weight excluding hydrogens is 368 g/mol. The van der Waals surface area contributed by atoms with Crippen molar-refractivity contribution in [3.63, 3.8) is 0 Å². The van der Waals surface area contributed by atoms with Crippen molar-refractivity contribution in [2.75, 3.05) is 14.2 Å². The highest BCUT2D eigenvalue weighted by atomic mass is 32.2. The summed E-state index contributed by atoms with van der Waals surface area (Å²) in [5, 5.41) is -0.493. The quantitative estimate of drug-likeness (QED) is 0.270. The number of carbonyl (C=O) groups is 3. The lowest BCUT2D eigenvalue weighted by atomic mass is 10.1. The Bertz CT molecular complexity index is 650. The van der Waals surface area contributed by atoms with Crippen LogP contribution in [0, 0.1) is 0 Å². The lowest BCUT2D eigenvalue weighted by Crippen LogP contribution is -2.30. The summed E-state index contributed by atoms with van der Waals surface area (Å²) in [6.45, 7) is 5.44. The molecule has 0 radical (unpaired) electrons. The van der Waals surface area contributed by atoms with Crippen molar-refractivity contribution in [3.8, 4) is 0 Å². The molecule has 1 atom stereocenters. The molecule has 7 heteroatoms. The first-order valence-corrected chi connectivity index (χ1v) is 9.69. The maximum atomic E-state index is 12.6. The summed E-state index contributed by atoms with van der Waals surface area (Å²) in [6, 6.07) is 6.99. The van der Waals surface area contributed by atoms with Crippen LogP contribution in [0.2, 0.25) is 0 Å². The van der Waals surface area contributed by atoms with Gasteiger partial charge >= 0.3 is 17.9 Å². The van der Waals surface area contributed by atoms with Crippen molar-refractivity contribution in [2.45, 2.75) is 62.2 Å². The number of methoxy groups -OCH3 is 2. The normalized spacial score (nSPS) is 12.2. The van der Waals surface area contributed by atoms with E-state index in [1.807, 2.05) is 20.8 Å². The highest BCUT2D eigenvalue weighted by molar-refractivity contribution is 8.00. The van der Waals surface area contributed by atoms with Gasteiger partial charge in [0.1, 0.15) is 10.9 Å². The molecule has 0 aliphatic rings. The number of rotatable bonds is 9. The second-order valence-electron chi connectivity index (χ2n) is 6.95. The first-order chi connectivity index (χ1) is 12.7. The number of benzene rings is 1. The van der Waals surface area contributed by atoms with Gasteiger partial charge in [-0.05, 0) is 45.7 Å². The van der Waals surface area contributed by atoms with Gasteiger partial charge < -0.3 is 14.2 Å². The van der Waals surface area contributed by atoms with Crippen molar-refractivity contribution in [3.05, 3.63) is 29.8 Å². The SMILES string of the molecule is COC(=O)CCCCC(Sc1ccccc1C(=O)OC)C(=O)OC(C)(C)C. The van der Waals surface area contributed by atoms with Gasteiger partial charge in [-0.25, -0.2) is 4.79 Å². The van der Waals surface area contributed by atoms with Crippen LogP contribution in [0.5, 0.6) is 0 Å². The Morgan fingerprint density at radius 1 is 1.04 bits per heavy atom. The van der Waals surface area contributed by atoms with Gasteiger partial charge in [-0.2, -0.15) is 0 Å². The molecule has 0 aliphatic carbocycles. The number of ether oxygens (including phenoxy) is 3. The summed E-state index contributed by atoms with van der Waals surface area (Å²) in [6.07, 6.45) is 2.10. The number of hydrogen-bond acceptors (Lipinski definition) is 7. The lowest BCUT2D eigenvalue weighted by molar-refractivity contribution is -0.154. The molecule has 0 fully saturated rings. The molecule has 27 heavy (non-hydrogen) atoms. The fourth-order valence-corrected chi connectivity index (χ4v) is 3.47. The molecule has 0 amide bonds. The fourth-order valence-electron chi connectivity index (χ4n) is 2.29. The number of esters is 3. The van der Waals surface area contributed by atoms with Gasteiger partial charge in [-0.15, -0.1) is 11.8 Å². The summed E-state index contributed by atoms with van der Waals surface area (Å²) in [5.74, 6) is -1.07. The molecule has 150 valence electrons. The molecule has 0 saturated carbocycles. The summed E-state index contributed by atoms with van der Waals surface area (Å²) in [5.41, 5.74) is -0.197. The van der Waals surface area contributed by atoms with Crippen molar-refractivity contribution in [2.24, 2.45) is 0 Å². The van der Waals surface area contributed by atoms with Crippen molar-refractivity contribution in [1.82, 2.24) is 0 Å². The largest absolute Gasteiger partial charge is 0.469 e. The first-order valence-electron chi connectivity index (χ1n) is 8.81. The highest BCUT2D eigenvalue weighted by Gasteiger charge is 2.27. The van der Waals surface area contributed by atoms with E-state index in [1.54, 1.807) is 24.3 Å². The number of thioether (sulfide) groups is 1. The highest BCUT2D eigenvalue weighted by Crippen LogP contribution is 2.32. The van der Waals surface area contributed by atoms with Crippen molar-refractivity contribution < 1.29 is 28.6 Å². The zero-order valence-corrected chi connectivity index (χ0v) is 17.4. The van der Waals surface area contributed by atoms with Gasteiger partial charge in [0.05, 0.1) is 19.8 Å². The zero-order valence-electron chi connectivity index (χ0n) is 16.6. The first kappa shape index (κ1) is 23.0. The monoisotopic (exact) mass is 396 g/mol. The Morgan fingerprint density at radius 2 is 1.70 bits per heavy atom. The standard InChI is InChI=1S/C20H28O6S/c1-20(2,3)26-19(23)16(12-8-9-13-17(21)24-4)27-15-11-7-6-10-14(15)18(22)25-5/h6-7,10-11,16H,8-9,12-13H2,1-5H3. The minimum atomic E-state index is -0.607. The van der Waals surface area contributed by atoms with Crippen LogP contribution in [-0.4, -0.2) is 43.0 Å². The summed E-state index contributed by atoms with van der Waals surface area (Å²) in [7, 11) is 2.67. The Morgan fingerprint density at radius 3 is 2.30 bits per heavy atom. The lowest BCUT2D eigenvalue weighted by Gasteiger charge is -2.24. The molecule has 0 bridgehead atoms. The molecule has 0 aliphatic heterocycles. The number of unbranched alkanes of at least 4 members (excludes halogenated alkanes) is 1. The summed E-state index contributed by atoms with van der Waals surface area (Å²) in [4.78, 5) is 36.5. The molecule has 1 unspecified atom stereocenters. The average molecular weight is 397 g/mol. The molecule has 6 nitrogen and oxygen atoms in total. The van der Waals surface area contributed by atoms with Gasteiger partial charge in [-0.3, -0.25) is 9.59 Å². The Balaban J connectivity index is 2.89. The van der Waals surface area contributed by atoms with Crippen LogP contribution in [0.4, 0.5) is 0 Å². The second kappa shape index (κ2) is 11.0. The van der Waals surface area contributed by atoms with E-state index in [0.29, 0.717) is 36.1 Å². The molecule has 0 spiro atoms. The second-order valence-corrected chi connectivity index (χ2v) is 8.19. The average Bonchev–Trinajstić information content (AvgIpc) is 2.62. The van der Waals surface area contributed by atoms with Gasteiger partial charge in [0.15, 0.2) is 0 Å². The maximum Gasteiger partial charge on any atom is 0.338 e. The maximum absolute atomic E-state index is 12.6. The third-order valence-corrected chi connectivity index (χ3v) is 4.88. The molecule has 0 aromatic heterocycles. The van der Waals surface area contributed by atoms with Crippen LogP contribution < -0.4 is 0 Å². The van der Waals surface area contributed by atoms with E-state index in [0.717, 1.165) is 0 Å². The summed E-state index contributed by atoms with van der Waals surface area (Å²) < 4.78 is 15.0. The van der Waals surface area contributed by atoms with Gasteiger partial charge in [-0.1, -0.05) is 18.6 Å². The van der Waals surface area contributed by atoms with Gasteiger partial charge in [0.2, 0.25) is 0 Å². The van der Waals surface area contributed by atoms with Crippen molar-refractivity contribution >= 4 is 29.7 Å². The molecule has 0 heterocycles. The molecule has 1 aromatic carbocycles. The topological polar surface area (TPSA) is 78.9 Å². The molecule has 0 N–H and O–H groups in total. The Kier molecular flexibility index (Phi) is 9.35. The van der Waals surface area contributed by atoms with Gasteiger partial charge in [0, 0.05) is 11.3 Å². The minimum Gasteiger partial charge on any atom is -0.469 e. The van der Waals surface area contributed by atoms with Crippen LogP contribution in [0.15, 0.2) is 29.2 Å². The van der Waals surface area contributed by atoms with E-state index in [4.69, 9.17) is 9.47 Å². The Hall–Kier alpha value is -2.02. The van der Waals surface area contributed by atoms with E-state index >= 15 is 0 Å². The van der Waals surface area contributed by atoms with Crippen molar-refractivity contribution in [1.29, 1.82) is 0 Å². The van der Waals surface area contributed by atoms with Crippen LogP contribution in [0.1, 0.15) is 56.8 Å². The van der Waals surface area contributed by atoms with E-state index < -0.39 is 16.8 Å². The molecule has 1 rings (SSSR count). The van der Waals surface area contributed by atoms with E-state index in [1.165, 1.54) is 26.0 Å². The van der Waals surface area contributed by atoms with Crippen LogP contribution in [0.25, 0.3) is 0 Å². The summed E-state index contributed by atoms with van der Waals surface area (Å²) >= 11 is 1.28. The van der Waals surface area contributed by atoms with E-state index in [-0.39, 0.29) is 11.9 Å². The predicted octanol–water partition coefficient (Wildman–Crippen LogP) is 4.01. The minimum absolute atomic E-state index is 0.271. The Labute approximate surface area is 164 Å². The fraction of sp³-hybridized carbons (Fsp3) is 0.550. The molecule has 0 saturated heterocycles.